The fourth-order valence-corrected chi connectivity index (χ4v) is 3.56. The van der Waals surface area contributed by atoms with E-state index in [1.165, 1.54) is 4.90 Å². The fraction of sp³-hybridized carbons (Fsp3) is 0.308. The number of methoxy groups -OCH3 is 1. The average Bonchev–Trinajstić information content (AvgIpc) is 3.21. The zero-order chi connectivity index (χ0) is 23.8. The van der Waals surface area contributed by atoms with Crippen molar-refractivity contribution in [2.75, 3.05) is 19.0 Å². The van der Waals surface area contributed by atoms with Crippen molar-refractivity contribution in [3.63, 3.8) is 0 Å². The number of hydrogen-bond acceptors (Lipinski definition) is 3. The number of carbonyl (C=O) groups is 2. The Hall–Kier alpha value is -3.74. The number of aromatic nitrogens is 1. The predicted octanol–water partition coefficient (Wildman–Crippen LogP) is 4.51. The second-order valence-corrected chi connectivity index (χ2v) is 8.20. The van der Waals surface area contributed by atoms with Gasteiger partial charge in [0.2, 0.25) is 5.91 Å². The van der Waals surface area contributed by atoms with Crippen LogP contribution in [0.5, 0.6) is 5.75 Å². The molecule has 1 heterocycles. The van der Waals surface area contributed by atoms with Crippen LogP contribution >= 0.6 is 0 Å². The van der Waals surface area contributed by atoms with E-state index in [4.69, 9.17) is 4.74 Å². The van der Waals surface area contributed by atoms with Gasteiger partial charge in [0.1, 0.15) is 12.3 Å². The molecule has 33 heavy (non-hydrogen) atoms. The molecule has 0 unspecified atom stereocenters. The van der Waals surface area contributed by atoms with Crippen LogP contribution in [0.15, 0.2) is 72.9 Å². The average molecular weight is 449 g/mol. The number of anilines is 1. The molecule has 3 aromatic rings. The normalized spacial score (nSPS) is 10.7. The molecule has 3 amide bonds. The van der Waals surface area contributed by atoms with Gasteiger partial charge in [-0.3, -0.25) is 4.79 Å². The fourth-order valence-electron chi connectivity index (χ4n) is 3.56. The first-order chi connectivity index (χ1) is 15.9. The molecule has 174 valence electrons. The van der Waals surface area contributed by atoms with Crippen molar-refractivity contribution in [2.45, 2.75) is 33.0 Å². The molecule has 2 aromatic carbocycles. The topological polar surface area (TPSA) is 66.8 Å². The summed E-state index contributed by atoms with van der Waals surface area (Å²) in [6.07, 6.45) is 1.96. The van der Waals surface area contributed by atoms with Crippen LogP contribution in [0.4, 0.5) is 10.5 Å². The predicted molar refractivity (Wildman–Crippen MR) is 130 cm³/mol. The van der Waals surface area contributed by atoms with Gasteiger partial charge in [-0.2, -0.15) is 0 Å². The molecule has 0 spiro atoms. The molecule has 0 saturated carbocycles. The lowest BCUT2D eigenvalue weighted by Gasteiger charge is -2.30. The molecule has 0 saturated heterocycles. The Morgan fingerprint density at radius 1 is 0.970 bits per heavy atom. The van der Waals surface area contributed by atoms with E-state index in [1.54, 1.807) is 24.1 Å². The first kappa shape index (κ1) is 23.9. The molecular formula is C26H32N4O3. The molecule has 3 rings (SSSR count). The summed E-state index contributed by atoms with van der Waals surface area (Å²) in [6, 6.07) is 20.5. The number of carbonyl (C=O) groups excluding carboxylic acids is 2. The lowest BCUT2D eigenvalue weighted by Crippen LogP contribution is -2.47. The monoisotopic (exact) mass is 448 g/mol. The highest BCUT2D eigenvalue weighted by Crippen LogP contribution is 2.23. The second kappa shape index (κ2) is 11.2. The highest BCUT2D eigenvalue weighted by atomic mass is 16.5. The highest BCUT2D eigenvalue weighted by molar-refractivity contribution is 5.93. The Balaban J connectivity index is 1.78. The summed E-state index contributed by atoms with van der Waals surface area (Å²) in [7, 11) is 3.52. The first-order valence-corrected chi connectivity index (χ1v) is 11.0. The molecule has 7 heteroatoms. The summed E-state index contributed by atoms with van der Waals surface area (Å²) in [5, 5.41) is 2.88. The number of amides is 3. The molecule has 0 aliphatic rings. The van der Waals surface area contributed by atoms with Gasteiger partial charge in [0.05, 0.1) is 19.3 Å². The van der Waals surface area contributed by atoms with Crippen molar-refractivity contribution in [3.8, 4) is 5.75 Å². The van der Waals surface area contributed by atoms with Crippen LogP contribution in [0.3, 0.4) is 0 Å². The molecule has 0 aliphatic heterocycles. The second-order valence-electron chi connectivity index (χ2n) is 8.20. The van der Waals surface area contributed by atoms with Crippen LogP contribution in [0.1, 0.15) is 25.1 Å². The smallest absolute Gasteiger partial charge is 0.322 e. The van der Waals surface area contributed by atoms with Crippen LogP contribution < -0.4 is 10.1 Å². The third-order valence-corrected chi connectivity index (χ3v) is 5.51. The van der Waals surface area contributed by atoms with Crippen molar-refractivity contribution in [3.05, 3.63) is 84.2 Å². The van der Waals surface area contributed by atoms with Crippen LogP contribution in [0.25, 0.3) is 0 Å². The van der Waals surface area contributed by atoms with Crippen molar-refractivity contribution in [1.82, 2.24) is 14.4 Å². The van der Waals surface area contributed by atoms with Gasteiger partial charge in [0.25, 0.3) is 0 Å². The molecular weight excluding hydrogens is 416 g/mol. The van der Waals surface area contributed by atoms with Crippen LogP contribution in [-0.2, 0) is 24.9 Å². The minimum absolute atomic E-state index is 0.0318. The molecule has 0 atom stereocenters. The summed E-state index contributed by atoms with van der Waals surface area (Å²) in [5.74, 6) is 0.444. The third kappa shape index (κ3) is 6.38. The van der Waals surface area contributed by atoms with Gasteiger partial charge >= 0.3 is 6.03 Å². The molecule has 0 bridgehead atoms. The quantitative estimate of drug-likeness (QED) is 0.524. The van der Waals surface area contributed by atoms with E-state index in [0.29, 0.717) is 24.5 Å². The van der Waals surface area contributed by atoms with Crippen molar-refractivity contribution in [2.24, 2.45) is 7.05 Å². The number of nitrogens with one attached hydrogen (secondary N) is 1. The Labute approximate surface area is 195 Å². The van der Waals surface area contributed by atoms with E-state index >= 15 is 0 Å². The number of para-hydroxylation sites is 2. The van der Waals surface area contributed by atoms with Crippen molar-refractivity contribution in [1.29, 1.82) is 0 Å². The maximum absolute atomic E-state index is 13.5. The Morgan fingerprint density at radius 3 is 2.30 bits per heavy atom. The number of benzene rings is 2. The largest absolute Gasteiger partial charge is 0.495 e. The summed E-state index contributed by atoms with van der Waals surface area (Å²) in [5.41, 5.74) is 2.62. The minimum Gasteiger partial charge on any atom is -0.495 e. The van der Waals surface area contributed by atoms with Crippen LogP contribution in [0.2, 0.25) is 0 Å². The number of nitrogens with zero attached hydrogens (tertiary/aromatic N) is 3. The standard InChI is InChI=1S/C26H32N4O3/c1-20(2)30(26(32)27-23-14-8-9-15-24(23)33-4)19-25(31)29(17-21-11-6-5-7-12-21)18-22-13-10-16-28(22)3/h5-16,20H,17-19H2,1-4H3,(H,27,32). The lowest BCUT2D eigenvalue weighted by atomic mass is 10.2. The first-order valence-electron chi connectivity index (χ1n) is 11.0. The van der Waals surface area contributed by atoms with Gasteiger partial charge in [0, 0.05) is 31.5 Å². The van der Waals surface area contributed by atoms with Gasteiger partial charge in [-0.15, -0.1) is 0 Å². The number of aryl methyl sites for hydroxylation is 1. The zero-order valence-corrected chi connectivity index (χ0v) is 19.7. The molecule has 0 fully saturated rings. The molecule has 1 N–H and O–H groups in total. The van der Waals surface area contributed by atoms with E-state index in [-0.39, 0.29) is 24.5 Å². The summed E-state index contributed by atoms with van der Waals surface area (Å²) in [6.45, 7) is 4.68. The van der Waals surface area contributed by atoms with E-state index < -0.39 is 0 Å². The molecule has 0 aliphatic carbocycles. The molecule has 0 radical (unpaired) electrons. The summed E-state index contributed by atoms with van der Waals surface area (Å²) in [4.78, 5) is 29.9. The SMILES string of the molecule is COc1ccccc1NC(=O)N(CC(=O)N(Cc1ccccc1)Cc1cccn1C)C(C)C. The van der Waals surface area contributed by atoms with Gasteiger partial charge < -0.3 is 24.4 Å². The van der Waals surface area contributed by atoms with E-state index in [9.17, 15) is 9.59 Å². The maximum Gasteiger partial charge on any atom is 0.322 e. The summed E-state index contributed by atoms with van der Waals surface area (Å²) < 4.78 is 7.33. The van der Waals surface area contributed by atoms with Crippen molar-refractivity contribution < 1.29 is 14.3 Å². The zero-order valence-electron chi connectivity index (χ0n) is 19.7. The number of hydrogen-bond donors (Lipinski definition) is 1. The van der Waals surface area contributed by atoms with Gasteiger partial charge in [-0.05, 0) is 43.7 Å². The Bertz CT molecular complexity index is 1060. The lowest BCUT2D eigenvalue weighted by molar-refractivity contribution is -0.133. The van der Waals surface area contributed by atoms with Gasteiger partial charge in [0.15, 0.2) is 0 Å². The van der Waals surface area contributed by atoms with E-state index in [0.717, 1.165) is 11.3 Å². The van der Waals surface area contributed by atoms with E-state index in [1.807, 2.05) is 86.3 Å². The van der Waals surface area contributed by atoms with Gasteiger partial charge in [-0.25, -0.2) is 4.79 Å². The number of ether oxygens (including phenoxy) is 1. The molecule has 1 aromatic heterocycles. The van der Waals surface area contributed by atoms with E-state index in [2.05, 4.69) is 5.32 Å². The highest BCUT2D eigenvalue weighted by Gasteiger charge is 2.25. The number of urea groups is 1. The van der Waals surface area contributed by atoms with Crippen LogP contribution in [0, 0.1) is 0 Å². The third-order valence-electron chi connectivity index (χ3n) is 5.51. The molecule has 7 nitrogen and oxygen atoms in total. The van der Waals surface area contributed by atoms with Gasteiger partial charge in [-0.1, -0.05) is 42.5 Å². The Morgan fingerprint density at radius 2 is 1.67 bits per heavy atom. The van der Waals surface area contributed by atoms with Crippen LogP contribution in [-0.4, -0.2) is 46.0 Å². The minimum atomic E-state index is -0.346. The number of rotatable bonds is 9. The summed E-state index contributed by atoms with van der Waals surface area (Å²) >= 11 is 0. The maximum atomic E-state index is 13.5. The Kier molecular flexibility index (Phi) is 8.13. The van der Waals surface area contributed by atoms with Crippen molar-refractivity contribution >= 4 is 17.6 Å².